The van der Waals surface area contributed by atoms with Gasteiger partial charge in [-0.05, 0) is 55.5 Å². The zero-order valence-electron chi connectivity index (χ0n) is 15.9. The fourth-order valence-corrected chi connectivity index (χ4v) is 2.68. The predicted octanol–water partition coefficient (Wildman–Crippen LogP) is 5.61. The molecule has 0 fully saturated rings. The summed E-state index contributed by atoms with van der Waals surface area (Å²) in [6.07, 6.45) is 10.5. The molecule has 0 saturated heterocycles. The highest BCUT2D eigenvalue weighted by Gasteiger charge is 2.11. The van der Waals surface area contributed by atoms with E-state index in [4.69, 9.17) is 9.84 Å². The van der Waals surface area contributed by atoms with Gasteiger partial charge in [-0.25, -0.2) is 4.39 Å². The lowest BCUT2D eigenvalue weighted by atomic mass is 10.1. The molecule has 0 aliphatic rings. The topological polar surface area (TPSA) is 39.9 Å². The summed E-state index contributed by atoms with van der Waals surface area (Å²) >= 11 is 0. The Bertz CT molecular complexity index is 982. The minimum Gasteiger partial charge on any atom is -0.497 e. The fraction of sp³-hybridized carbons (Fsp3) is 0.130. The Balaban J connectivity index is 1.89. The molecule has 1 aromatic carbocycles. The Hall–Kier alpha value is -3.47. The summed E-state index contributed by atoms with van der Waals surface area (Å²) in [7, 11) is 1.65. The lowest BCUT2D eigenvalue weighted by molar-refractivity contribution is 0.415. The van der Waals surface area contributed by atoms with Gasteiger partial charge in [0.05, 0.1) is 30.9 Å². The summed E-state index contributed by atoms with van der Waals surface area (Å²) in [5.41, 5.74) is 3.65. The van der Waals surface area contributed by atoms with E-state index in [1.165, 1.54) is 13.0 Å². The van der Waals surface area contributed by atoms with Gasteiger partial charge < -0.3 is 4.74 Å². The fourth-order valence-electron chi connectivity index (χ4n) is 2.68. The van der Waals surface area contributed by atoms with Gasteiger partial charge in [0.2, 0.25) is 0 Å². The second kappa shape index (κ2) is 9.46. The first kappa shape index (κ1) is 19.3. The highest BCUT2D eigenvalue weighted by atomic mass is 19.1. The molecule has 2 heterocycles. The van der Waals surface area contributed by atoms with Gasteiger partial charge in [-0.1, -0.05) is 30.4 Å². The number of aromatic nitrogens is 3. The van der Waals surface area contributed by atoms with Gasteiger partial charge in [-0.2, -0.15) is 5.10 Å². The van der Waals surface area contributed by atoms with E-state index in [2.05, 4.69) is 4.98 Å². The van der Waals surface area contributed by atoms with Crippen molar-refractivity contribution < 1.29 is 9.13 Å². The molecule has 0 N–H and O–H groups in total. The van der Waals surface area contributed by atoms with Crippen molar-refractivity contribution >= 4 is 0 Å². The van der Waals surface area contributed by atoms with Gasteiger partial charge >= 0.3 is 0 Å². The summed E-state index contributed by atoms with van der Waals surface area (Å²) in [4.78, 5) is 4.39. The summed E-state index contributed by atoms with van der Waals surface area (Å²) in [5, 5.41) is 4.72. The second-order valence-corrected chi connectivity index (χ2v) is 6.11. The molecule has 142 valence electrons. The Morgan fingerprint density at radius 3 is 2.57 bits per heavy atom. The standard InChI is InChI=1S/C23H22FN3O/c1-18(24)9-5-3-4-8-16-27-23(19-11-13-20(28-2)14-12-19)17-22(26-27)21-10-6-7-15-25-21/h3-15,17H,16H2,1-2H3/b5-3-,8-4+,18-9+. The van der Waals surface area contributed by atoms with Crippen molar-refractivity contribution in [3.63, 3.8) is 0 Å². The van der Waals surface area contributed by atoms with Gasteiger partial charge in [0.25, 0.3) is 0 Å². The van der Waals surface area contributed by atoms with Crippen LogP contribution in [0.15, 0.2) is 90.9 Å². The zero-order chi connectivity index (χ0) is 19.8. The maximum absolute atomic E-state index is 12.7. The van der Waals surface area contributed by atoms with Crippen LogP contribution in [0.25, 0.3) is 22.6 Å². The van der Waals surface area contributed by atoms with E-state index < -0.39 is 0 Å². The molecule has 0 amide bonds. The lowest BCUT2D eigenvalue weighted by Crippen LogP contribution is -2.00. The molecule has 2 aromatic heterocycles. The molecule has 0 radical (unpaired) electrons. The molecule has 5 heteroatoms. The maximum atomic E-state index is 12.7. The minimum atomic E-state index is -0.224. The summed E-state index contributed by atoms with van der Waals surface area (Å²) < 4.78 is 19.9. The molecule has 0 aliphatic heterocycles. The number of hydrogen-bond acceptors (Lipinski definition) is 3. The van der Waals surface area contributed by atoms with E-state index >= 15 is 0 Å². The monoisotopic (exact) mass is 375 g/mol. The quantitative estimate of drug-likeness (QED) is 0.504. The molecule has 0 aliphatic carbocycles. The third-order valence-corrected chi connectivity index (χ3v) is 4.06. The molecular formula is C23H22FN3O. The van der Waals surface area contributed by atoms with E-state index in [1.807, 2.05) is 65.4 Å². The Morgan fingerprint density at radius 1 is 1.07 bits per heavy atom. The van der Waals surface area contributed by atoms with E-state index in [9.17, 15) is 4.39 Å². The van der Waals surface area contributed by atoms with E-state index in [1.54, 1.807) is 25.5 Å². The molecule has 0 spiro atoms. The molecule has 28 heavy (non-hydrogen) atoms. The largest absolute Gasteiger partial charge is 0.497 e. The van der Waals surface area contributed by atoms with E-state index in [0.717, 1.165) is 28.4 Å². The smallest absolute Gasteiger partial charge is 0.118 e. The van der Waals surface area contributed by atoms with Crippen LogP contribution in [0.1, 0.15) is 6.92 Å². The minimum absolute atomic E-state index is 0.224. The SMILES string of the molecule is COc1ccc(-c2cc(-c3ccccn3)nn2C/C=C/C=C\C=C(/C)F)cc1. The van der Waals surface area contributed by atoms with Crippen molar-refractivity contribution in [1.82, 2.24) is 14.8 Å². The van der Waals surface area contributed by atoms with Crippen LogP contribution >= 0.6 is 0 Å². The van der Waals surface area contributed by atoms with Gasteiger partial charge in [0.15, 0.2) is 0 Å². The first-order valence-corrected chi connectivity index (χ1v) is 8.96. The zero-order valence-corrected chi connectivity index (χ0v) is 15.9. The van der Waals surface area contributed by atoms with Crippen molar-refractivity contribution in [2.45, 2.75) is 13.5 Å². The van der Waals surface area contributed by atoms with Gasteiger partial charge in [-0.3, -0.25) is 9.67 Å². The number of halogens is 1. The van der Waals surface area contributed by atoms with Crippen LogP contribution in [-0.4, -0.2) is 21.9 Å². The normalized spacial score (nSPS) is 12.2. The first-order chi connectivity index (χ1) is 13.7. The number of rotatable bonds is 7. The van der Waals surface area contributed by atoms with Crippen molar-refractivity contribution in [2.24, 2.45) is 0 Å². The molecule has 0 unspecified atom stereocenters. The van der Waals surface area contributed by atoms with Crippen molar-refractivity contribution in [2.75, 3.05) is 7.11 Å². The van der Waals surface area contributed by atoms with Crippen LogP contribution in [0.2, 0.25) is 0 Å². The maximum Gasteiger partial charge on any atom is 0.118 e. The lowest BCUT2D eigenvalue weighted by Gasteiger charge is -2.06. The molecule has 3 rings (SSSR count). The summed E-state index contributed by atoms with van der Waals surface area (Å²) in [6, 6.07) is 15.7. The number of nitrogens with zero attached hydrogens (tertiary/aromatic N) is 3. The Labute approximate surface area is 164 Å². The number of pyridine rings is 1. The molecule has 0 bridgehead atoms. The van der Waals surface area contributed by atoms with Crippen molar-refractivity contribution in [3.05, 3.63) is 90.9 Å². The molecular weight excluding hydrogens is 353 g/mol. The van der Waals surface area contributed by atoms with Crippen molar-refractivity contribution in [1.29, 1.82) is 0 Å². The van der Waals surface area contributed by atoms with Gasteiger partial charge in [0, 0.05) is 11.8 Å². The van der Waals surface area contributed by atoms with Crippen LogP contribution in [0.3, 0.4) is 0 Å². The van der Waals surface area contributed by atoms with Gasteiger partial charge in [-0.15, -0.1) is 0 Å². The number of ether oxygens (including phenoxy) is 1. The van der Waals surface area contributed by atoms with E-state index in [-0.39, 0.29) is 5.83 Å². The molecule has 4 nitrogen and oxygen atoms in total. The van der Waals surface area contributed by atoms with E-state index in [0.29, 0.717) is 6.54 Å². The highest BCUT2D eigenvalue weighted by Crippen LogP contribution is 2.27. The molecule has 0 saturated carbocycles. The van der Waals surface area contributed by atoms with Crippen LogP contribution in [0.5, 0.6) is 5.75 Å². The van der Waals surface area contributed by atoms with Crippen LogP contribution in [-0.2, 0) is 6.54 Å². The van der Waals surface area contributed by atoms with Crippen LogP contribution in [0.4, 0.5) is 4.39 Å². The number of methoxy groups -OCH3 is 1. The third-order valence-electron chi connectivity index (χ3n) is 4.06. The predicted molar refractivity (Wildman–Crippen MR) is 111 cm³/mol. The van der Waals surface area contributed by atoms with Crippen LogP contribution < -0.4 is 4.74 Å². The average molecular weight is 375 g/mol. The first-order valence-electron chi connectivity index (χ1n) is 8.96. The Morgan fingerprint density at radius 2 is 1.89 bits per heavy atom. The van der Waals surface area contributed by atoms with Crippen LogP contribution in [0, 0.1) is 0 Å². The number of hydrogen-bond donors (Lipinski definition) is 0. The summed E-state index contributed by atoms with van der Waals surface area (Å²) in [5.74, 6) is 0.583. The Kier molecular flexibility index (Phi) is 6.52. The average Bonchev–Trinajstić information content (AvgIpc) is 3.15. The molecule has 0 atom stereocenters. The summed E-state index contributed by atoms with van der Waals surface area (Å²) in [6.45, 7) is 1.99. The van der Waals surface area contributed by atoms with Gasteiger partial charge in [0.1, 0.15) is 11.4 Å². The highest BCUT2D eigenvalue weighted by molar-refractivity contribution is 5.67. The number of benzene rings is 1. The number of allylic oxidation sites excluding steroid dienone is 6. The second-order valence-electron chi connectivity index (χ2n) is 6.11. The van der Waals surface area contributed by atoms with Crippen molar-refractivity contribution in [3.8, 4) is 28.4 Å². The molecule has 3 aromatic rings. The third kappa shape index (κ3) is 5.04.